The molecule has 0 saturated heterocycles. The van der Waals surface area contributed by atoms with Gasteiger partial charge in [0.25, 0.3) is 5.69 Å². The van der Waals surface area contributed by atoms with Gasteiger partial charge in [0.05, 0.1) is 22.7 Å². The number of carbonyl (C=O) groups excluding carboxylic acids is 1. The van der Waals surface area contributed by atoms with Crippen molar-refractivity contribution in [2.45, 2.75) is 13.5 Å². The topological polar surface area (TPSA) is 85.1 Å². The van der Waals surface area contributed by atoms with Gasteiger partial charge < -0.3 is 5.32 Å². The zero-order chi connectivity index (χ0) is 15.9. The number of nitrogens with zero attached hydrogens (tertiary/aromatic N) is 2. The van der Waals surface area contributed by atoms with E-state index in [1.807, 2.05) is 19.1 Å². The summed E-state index contributed by atoms with van der Waals surface area (Å²) in [7, 11) is 0. The highest BCUT2D eigenvalue weighted by molar-refractivity contribution is 5.92. The number of carbonyl (C=O) groups is 1. The van der Waals surface area contributed by atoms with E-state index < -0.39 is 4.92 Å². The first kappa shape index (κ1) is 15.4. The number of hydrogen-bond acceptors (Lipinski definition) is 4. The summed E-state index contributed by atoms with van der Waals surface area (Å²) in [6.45, 7) is 2.23. The maximum Gasteiger partial charge on any atom is 0.276 e. The Balaban J connectivity index is 2.01. The summed E-state index contributed by atoms with van der Waals surface area (Å²) in [5, 5.41) is 13.6. The molecule has 1 aromatic carbocycles. The molecule has 1 aromatic heterocycles. The second kappa shape index (κ2) is 7.12. The number of rotatable bonds is 5. The summed E-state index contributed by atoms with van der Waals surface area (Å²) < 4.78 is 0. The number of benzene rings is 1. The standard InChI is InChI=1S/C16H15N3O3/c1-12-5-4-10-17-14(12)11-18-16(20)9-8-13-6-2-3-7-15(13)19(21)22/h2-10H,11H2,1H3,(H,18,20)/b9-8+. The summed E-state index contributed by atoms with van der Waals surface area (Å²) in [6.07, 6.45) is 4.37. The molecule has 6 nitrogen and oxygen atoms in total. The van der Waals surface area contributed by atoms with Crippen molar-refractivity contribution in [3.8, 4) is 0 Å². The van der Waals surface area contributed by atoms with Gasteiger partial charge in [-0.2, -0.15) is 0 Å². The largest absolute Gasteiger partial charge is 0.347 e. The lowest BCUT2D eigenvalue weighted by atomic mass is 10.1. The van der Waals surface area contributed by atoms with E-state index in [2.05, 4.69) is 10.3 Å². The number of para-hydroxylation sites is 1. The van der Waals surface area contributed by atoms with Crippen molar-refractivity contribution in [2.75, 3.05) is 0 Å². The van der Waals surface area contributed by atoms with Crippen LogP contribution in [0.15, 0.2) is 48.7 Å². The Morgan fingerprint density at radius 1 is 1.32 bits per heavy atom. The van der Waals surface area contributed by atoms with Crippen molar-refractivity contribution in [2.24, 2.45) is 0 Å². The lowest BCUT2D eigenvalue weighted by Gasteiger charge is -2.04. The first-order valence-electron chi connectivity index (χ1n) is 6.68. The highest BCUT2D eigenvalue weighted by Crippen LogP contribution is 2.18. The fraction of sp³-hybridized carbons (Fsp3) is 0.125. The molecule has 0 radical (unpaired) electrons. The molecule has 0 atom stereocenters. The predicted molar refractivity (Wildman–Crippen MR) is 83.0 cm³/mol. The number of aromatic nitrogens is 1. The second-order valence-electron chi connectivity index (χ2n) is 4.63. The van der Waals surface area contributed by atoms with Gasteiger partial charge >= 0.3 is 0 Å². The zero-order valence-corrected chi connectivity index (χ0v) is 12.0. The van der Waals surface area contributed by atoms with Gasteiger partial charge in [0.1, 0.15) is 0 Å². The first-order valence-corrected chi connectivity index (χ1v) is 6.68. The number of amides is 1. The molecule has 0 fully saturated rings. The van der Waals surface area contributed by atoms with Crippen LogP contribution in [0.3, 0.4) is 0 Å². The molecule has 2 aromatic rings. The molecule has 6 heteroatoms. The first-order chi connectivity index (χ1) is 10.6. The molecule has 2 rings (SSSR count). The number of nitro benzene ring substituents is 1. The Bertz CT molecular complexity index is 726. The molecule has 0 unspecified atom stereocenters. The lowest BCUT2D eigenvalue weighted by Crippen LogP contribution is -2.21. The van der Waals surface area contributed by atoms with Crippen LogP contribution in [0, 0.1) is 17.0 Å². The third kappa shape index (κ3) is 3.99. The molecule has 0 saturated carbocycles. The maximum absolute atomic E-state index is 11.8. The average Bonchev–Trinajstić information content (AvgIpc) is 2.52. The SMILES string of the molecule is Cc1cccnc1CNC(=O)/C=C/c1ccccc1[N+](=O)[O-]. The third-order valence-corrected chi connectivity index (χ3v) is 3.10. The monoisotopic (exact) mass is 297 g/mol. The Morgan fingerprint density at radius 3 is 2.82 bits per heavy atom. The average molecular weight is 297 g/mol. The minimum atomic E-state index is -0.477. The highest BCUT2D eigenvalue weighted by atomic mass is 16.6. The number of hydrogen-bond donors (Lipinski definition) is 1. The molecular weight excluding hydrogens is 282 g/mol. The molecule has 22 heavy (non-hydrogen) atoms. The summed E-state index contributed by atoms with van der Waals surface area (Å²) in [5.74, 6) is -0.330. The highest BCUT2D eigenvalue weighted by Gasteiger charge is 2.09. The van der Waals surface area contributed by atoms with Crippen LogP contribution in [0.2, 0.25) is 0 Å². The van der Waals surface area contributed by atoms with Crippen LogP contribution >= 0.6 is 0 Å². The smallest absolute Gasteiger partial charge is 0.276 e. The maximum atomic E-state index is 11.8. The van der Waals surface area contributed by atoms with E-state index in [1.165, 1.54) is 18.2 Å². The van der Waals surface area contributed by atoms with Crippen molar-refractivity contribution in [1.29, 1.82) is 0 Å². The Labute approximate surface area is 127 Å². The zero-order valence-electron chi connectivity index (χ0n) is 12.0. The van der Waals surface area contributed by atoms with E-state index in [4.69, 9.17) is 0 Å². The van der Waals surface area contributed by atoms with Crippen LogP contribution in [-0.2, 0) is 11.3 Å². The summed E-state index contributed by atoms with van der Waals surface area (Å²) in [6, 6.07) is 9.99. The molecule has 0 aliphatic heterocycles. The molecule has 0 bridgehead atoms. The normalized spacial score (nSPS) is 10.6. The van der Waals surface area contributed by atoms with Crippen molar-refractivity contribution in [3.05, 3.63) is 75.6 Å². The summed E-state index contributed by atoms with van der Waals surface area (Å²) >= 11 is 0. The van der Waals surface area contributed by atoms with Gasteiger partial charge in [-0.25, -0.2) is 0 Å². The van der Waals surface area contributed by atoms with E-state index in [0.29, 0.717) is 12.1 Å². The van der Waals surface area contributed by atoms with Crippen LogP contribution in [0.1, 0.15) is 16.8 Å². The van der Waals surface area contributed by atoms with Crippen LogP contribution < -0.4 is 5.32 Å². The number of aryl methyl sites for hydroxylation is 1. The van der Waals surface area contributed by atoms with Crippen molar-refractivity contribution < 1.29 is 9.72 Å². The van der Waals surface area contributed by atoms with Gasteiger partial charge in [0.15, 0.2) is 0 Å². The minimum Gasteiger partial charge on any atom is -0.347 e. The van der Waals surface area contributed by atoms with Crippen LogP contribution in [-0.4, -0.2) is 15.8 Å². The van der Waals surface area contributed by atoms with E-state index in [-0.39, 0.29) is 11.6 Å². The second-order valence-corrected chi connectivity index (χ2v) is 4.63. The minimum absolute atomic E-state index is 0.0351. The van der Waals surface area contributed by atoms with E-state index >= 15 is 0 Å². The van der Waals surface area contributed by atoms with Crippen LogP contribution in [0.4, 0.5) is 5.69 Å². The number of pyridine rings is 1. The molecule has 0 aliphatic carbocycles. The van der Waals surface area contributed by atoms with Gasteiger partial charge in [-0.1, -0.05) is 18.2 Å². The number of nitro groups is 1. The Kier molecular flexibility index (Phi) is 4.98. The lowest BCUT2D eigenvalue weighted by molar-refractivity contribution is -0.385. The predicted octanol–water partition coefficient (Wildman–Crippen LogP) is 2.63. The molecule has 1 N–H and O–H groups in total. The Hall–Kier alpha value is -3.02. The fourth-order valence-electron chi connectivity index (χ4n) is 1.89. The van der Waals surface area contributed by atoms with Crippen LogP contribution in [0.5, 0.6) is 0 Å². The quantitative estimate of drug-likeness (QED) is 0.522. The Morgan fingerprint density at radius 2 is 2.09 bits per heavy atom. The molecule has 0 aliphatic rings. The van der Waals surface area contributed by atoms with Gasteiger partial charge in [-0.15, -0.1) is 0 Å². The van der Waals surface area contributed by atoms with Crippen molar-refractivity contribution in [1.82, 2.24) is 10.3 Å². The van der Waals surface area contributed by atoms with E-state index in [1.54, 1.807) is 24.4 Å². The molecule has 0 spiro atoms. The van der Waals surface area contributed by atoms with Gasteiger partial charge in [-0.05, 0) is 30.7 Å². The van der Waals surface area contributed by atoms with Crippen molar-refractivity contribution >= 4 is 17.7 Å². The van der Waals surface area contributed by atoms with E-state index in [0.717, 1.165) is 11.3 Å². The van der Waals surface area contributed by atoms with Gasteiger partial charge in [0.2, 0.25) is 5.91 Å². The van der Waals surface area contributed by atoms with Crippen LogP contribution in [0.25, 0.3) is 6.08 Å². The fourth-order valence-corrected chi connectivity index (χ4v) is 1.89. The molecule has 1 amide bonds. The van der Waals surface area contributed by atoms with Crippen molar-refractivity contribution in [3.63, 3.8) is 0 Å². The number of nitrogens with one attached hydrogen (secondary N) is 1. The molecular formula is C16H15N3O3. The summed E-state index contributed by atoms with van der Waals surface area (Å²) in [5.41, 5.74) is 2.13. The third-order valence-electron chi connectivity index (χ3n) is 3.10. The summed E-state index contributed by atoms with van der Waals surface area (Å²) in [4.78, 5) is 26.4. The van der Waals surface area contributed by atoms with E-state index in [9.17, 15) is 14.9 Å². The molecule has 112 valence electrons. The van der Waals surface area contributed by atoms with Gasteiger partial charge in [-0.3, -0.25) is 19.9 Å². The van der Waals surface area contributed by atoms with Gasteiger partial charge in [0, 0.05) is 18.3 Å². The molecule has 1 heterocycles.